The average Bonchev–Trinajstić information content (AvgIpc) is 2.41. The number of nitrogens with zero attached hydrogens (tertiary/aromatic N) is 1. The summed E-state index contributed by atoms with van der Waals surface area (Å²) in [6.07, 6.45) is 0.664. The van der Waals surface area contributed by atoms with Crippen LogP contribution in [0, 0.1) is 17.1 Å². The van der Waals surface area contributed by atoms with Gasteiger partial charge in [0.15, 0.2) is 0 Å². The third-order valence-corrected chi connectivity index (χ3v) is 2.68. The maximum atomic E-state index is 13.4. The predicted molar refractivity (Wildman–Crippen MR) is 68.0 cm³/mol. The number of carbonyl (C=O) groups is 1. The molecule has 94 valence electrons. The fourth-order valence-corrected chi connectivity index (χ4v) is 1.68. The van der Waals surface area contributed by atoms with Gasteiger partial charge in [-0.2, -0.15) is 5.26 Å². The quantitative estimate of drug-likeness (QED) is 0.797. The van der Waals surface area contributed by atoms with Crippen LogP contribution in [0.25, 0.3) is 0 Å². The molecule has 0 spiro atoms. The Kier molecular flexibility index (Phi) is 3.79. The molecule has 0 aliphatic carbocycles. The Morgan fingerprint density at radius 2 is 2.05 bits per heavy atom. The summed E-state index contributed by atoms with van der Waals surface area (Å²) in [6, 6.07) is 10.1. The van der Waals surface area contributed by atoms with E-state index in [-0.39, 0.29) is 16.3 Å². The van der Waals surface area contributed by atoms with Gasteiger partial charge in [-0.25, -0.2) is 4.39 Å². The van der Waals surface area contributed by atoms with Crippen LogP contribution in [0.4, 0.5) is 4.39 Å². The Bertz CT molecular complexity index is 680. The second-order valence-corrected chi connectivity index (χ2v) is 4.07. The van der Waals surface area contributed by atoms with Gasteiger partial charge >= 0.3 is 0 Å². The van der Waals surface area contributed by atoms with Gasteiger partial charge in [0.25, 0.3) is 0 Å². The van der Waals surface area contributed by atoms with Crippen molar-refractivity contribution < 1.29 is 13.9 Å². The molecule has 0 fully saturated rings. The van der Waals surface area contributed by atoms with Crippen LogP contribution in [0.3, 0.4) is 0 Å². The monoisotopic (exact) mass is 275 g/mol. The molecule has 0 aliphatic heterocycles. The topological polar surface area (TPSA) is 50.1 Å². The zero-order valence-electron chi connectivity index (χ0n) is 9.56. The van der Waals surface area contributed by atoms with Crippen molar-refractivity contribution in [2.45, 2.75) is 0 Å². The van der Waals surface area contributed by atoms with E-state index in [1.165, 1.54) is 30.3 Å². The van der Waals surface area contributed by atoms with E-state index in [2.05, 4.69) is 0 Å². The normalized spacial score (nSPS) is 9.74. The molecule has 5 heteroatoms. The Labute approximate surface area is 113 Å². The first kappa shape index (κ1) is 13.1. The zero-order chi connectivity index (χ0) is 13.8. The van der Waals surface area contributed by atoms with Gasteiger partial charge in [0, 0.05) is 11.6 Å². The molecular weight excluding hydrogens is 269 g/mol. The number of aldehydes is 1. The number of hydrogen-bond acceptors (Lipinski definition) is 3. The third-order valence-electron chi connectivity index (χ3n) is 2.38. The van der Waals surface area contributed by atoms with Crippen LogP contribution in [-0.4, -0.2) is 6.29 Å². The van der Waals surface area contributed by atoms with Gasteiger partial charge in [-0.1, -0.05) is 11.6 Å². The third kappa shape index (κ3) is 2.90. The van der Waals surface area contributed by atoms with Crippen molar-refractivity contribution in [3.63, 3.8) is 0 Å². The highest BCUT2D eigenvalue weighted by molar-refractivity contribution is 6.32. The van der Waals surface area contributed by atoms with E-state index < -0.39 is 5.82 Å². The number of rotatable bonds is 3. The molecule has 0 N–H and O–H groups in total. The number of hydrogen-bond donors (Lipinski definition) is 0. The lowest BCUT2D eigenvalue weighted by Crippen LogP contribution is -1.90. The van der Waals surface area contributed by atoms with Gasteiger partial charge < -0.3 is 4.74 Å². The Hall–Kier alpha value is -2.38. The summed E-state index contributed by atoms with van der Waals surface area (Å²) in [5, 5.41) is 8.86. The van der Waals surface area contributed by atoms with Crippen LogP contribution < -0.4 is 4.74 Å². The highest BCUT2D eigenvalue weighted by Crippen LogP contribution is 2.30. The van der Waals surface area contributed by atoms with Crippen molar-refractivity contribution in [3.8, 4) is 17.6 Å². The fraction of sp³-hybridized carbons (Fsp3) is 0. The number of nitriles is 1. The second kappa shape index (κ2) is 5.51. The van der Waals surface area contributed by atoms with Crippen molar-refractivity contribution in [1.82, 2.24) is 0 Å². The second-order valence-electron chi connectivity index (χ2n) is 3.66. The maximum absolute atomic E-state index is 13.4. The lowest BCUT2D eigenvalue weighted by Gasteiger charge is -2.08. The van der Waals surface area contributed by atoms with Crippen molar-refractivity contribution >= 4 is 17.9 Å². The Balaban J connectivity index is 2.29. The number of halogens is 2. The molecule has 2 aromatic carbocycles. The molecule has 0 atom stereocenters. The van der Waals surface area contributed by atoms with Crippen LogP contribution in [0.5, 0.6) is 11.5 Å². The summed E-state index contributed by atoms with van der Waals surface area (Å²) in [5.41, 5.74) is 0.359. The minimum atomic E-state index is -0.666. The van der Waals surface area contributed by atoms with Crippen LogP contribution in [0.15, 0.2) is 36.4 Å². The van der Waals surface area contributed by atoms with Crippen molar-refractivity contribution in [2.75, 3.05) is 0 Å². The van der Waals surface area contributed by atoms with Crippen LogP contribution >= 0.6 is 11.6 Å². The number of benzene rings is 2. The summed E-state index contributed by atoms with van der Waals surface area (Å²) >= 11 is 5.93. The van der Waals surface area contributed by atoms with Gasteiger partial charge in [-0.3, -0.25) is 4.79 Å². The van der Waals surface area contributed by atoms with Gasteiger partial charge in [0.1, 0.15) is 29.7 Å². The molecule has 0 saturated carbocycles. The van der Waals surface area contributed by atoms with E-state index in [9.17, 15) is 9.18 Å². The van der Waals surface area contributed by atoms with E-state index in [1.807, 2.05) is 0 Å². The minimum absolute atomic E-state index is 0.0604. The van der Waals surface area contributed by atoms with Crippen LogP contribution in [0.2, 0.25) is 5.02 Å². The van der Waals surface area contributed by atoms with E-state index in [0.29, 0.717) is 17.6 Å². The Morgan fingerprint density at radius 1 is 1.26 bits per heavy atom. The summed E-state index contributed by atoms with van der Waals surface area (Å²) in [7, 11) is 0. The molecule has 2 rings (SSSR count). The SMILES string of the molecule is N#Cc1ccc(Oc2ccc(C=O)cc2Cl)cc1F. The lowest BCUT2D eigenvalue weighted by atomic mass is 10.2. The smallest absolute Gasteiger partial charge is 0.150 e. The molecule has 0 aliphatic rings. The van der Waals surface area contributed by atoms with Crippen molar-refractivity contribution in [3.05, 3.63) is 58.4 Å². The molecule has 0 heterocycles. The molecular formula is C14H7ClFNO2. The van der Waals surface area contributed by atoms with E-state index >= 15 is 0 Å². The lowest BCUT2D eigenvalue weighted by molar-refractivity contribution is 0.112. The highest BCUT2D eigenvalue weighted by atomic mass is 35.5. The first-order chi connectivity index (χ1) is 9.13. The van der Waals surface area contributed by atoms with Crippen LogP contribution in [-0.2, 0) is 0 Å². The number of carbonyl (C=O) groups excluding carboxylic acids is 1. The van der Waals surface area contributed by atoms with Crippen molar-refractivity contribution in [2.24, 2.45) is 0 Å². The summed E-state index contributed by atoms with van der Waals surface area (Å²) < 4.78 is 18.8. The molecule has 0 amide bonds. The Morgan fingerprint density at radius 3 is 2.63 bits per heavy atom. The molecule has 0 aromatic heterocycles. The standard InChI is InChI=1S/C14H7ClFNO2/c15-12-5-9(8-18)1-4-14(12)19-11-3-2-10(7-17)13(16)6-11/h1-6,8H. The van der Waals surface area contributed by atoms with E-state index in [1.54, 1.807) is 6.07 Å². The van der Waals surface area contributed by atoms with Gasteiger partial charge in [-0.05, 0) is 30.3 Å². The largest absolute Gasteiger partial charge is 0.456 e. The first-order valence-electron chi connectivity index (χ1n) is 5.26. The molecule has 0 saturated heterocycles. The molecule has 3 nitrogen and oxygen atoms in total. The van der Waals surface area contributed by atoms with Gasteiger partial charge in [0.05, 0.1) is 10.6 Å². The molecule has 0 bridgehead atoms. The van der Waals surface area contributed by atoms with Gasteiger partial charge in [0.2, 0.25) is 0 Å². The van der Waals surface area contributed by atoms with E-state index in [4.69, 9.17) is 21.6 Å². The van der Waals surface area contributed by atoms with Crippen molar-refractivity contribution in [1.29, 1.82) is 5.26 Å². The zero-order valence-corrected chi connectivity index (χ0v) is 10.3. The minimum Gasteiger partial charge on any atom is -0.456 e. The molecule has 0 radical (unpaired) electrons. The van der Waals surface area contributed by atoms with Crippen LogP contribution in [0.1, 0.15) is 15.9 Å². The average molecular weight is 276 g/mol. The molecule has 0 unspecified atom stereocenters. The molecule has 2 aromatic rings. The number of ether oxygens (including phenoxy) is 1. The molecule has 19 heavy (non-hydrogen) atoms. The maximum Gasteiger partial charge on any atom is 0.150 e. The van der Waals surface area contributed by atoms with E-state index in [0.717, 1.165) is 6.07 Å². The summed E-state index contributed by atoms with van der Waals surface area (Å²) in [6.45, 7) is 0. The first-order valence-corrected chi connectivity index (χ1v) is 5.64. The fourth-order valence-electron chi connectivity index (χ4n) is 1.45. The van der Waals surface area contributed by atoms with Gasteiger partial charge in [-0.15, -0.1) is 0 Å². The predicted octanol–water partition coefficient (Wildman–Crippen LogP) is 3.96. The highest BCUT2D eigenvalue weighted by Gasteiger charge is 2.07. The summed E-state index contributed by atoms with van der Waals surface area (Å²) in [5.74, 6) is -0.144. The summed E-state index contributed by atoms with van der Waals surface area (Å²) in [4.78, 5) is 10.6.